The lowest BCUT2D eigenvalue weighted by atomic mass is 10.0. The highest BCUT2D eigenvalue weighted by Crippen LogP contribution is 2.31. The normalized spacial score (nSPS) is 11.0. The maximum atomic E-state index is 12.7. The van der Waals surface area contributed by atoms with Crippen molar-refractivity contribution in [2.75, 3.05) is 6.54 Å². The summed E-state index contributed by atoms with van der Waals surface area (Å²) < 4.78 is 38.0. The fourth-order valence-electron chi connectivity index (χ4n) is 2.38. The van der Waals surface area contributed by atoms with Crippen LogP contribution in [0.4, 0.5) is 13.2 Å². The van der Waals surface area contributed by atoms with Crippen LogP contribution in [0.25, 0.3) is 0 Å². The molecule has 0 unspecified atom stereocenters. The molecule has 0 heterocycles. The Morgan fingerprint density at radius 2 is 1.86 bits per heavy atom. The predicted molar refractivity (Wildman–Crippen MR) is 95.7 cm³/mol. The Balaban J connectivity index is 1.98. The number of halogens is 4. The molecule has 2 aromatic rings. The SMILES string of the molecule is CC(=O)NCCc1cc(Cl)ccc1CC(=O)OOc1cccc(C(F)(F)F)c1. The van der Waals surface area contributed by atoms with Gasteiger partial charge in [-0.05, 0) is 47.9 Å². The van der Waals surface area contributed by atoms with E-state index in [1.807, 2.05) is 0 Å². The Labute approximate surface area is 164 Å². The summed E-state index contributed by atoms with van der Waals surface area (Å²) in [6, 6.07) is 8.89. The van der Waals surface area contributed by atoms with Crippen LogP contribution < -0.4 is 10.2 Å². The van der Waals surface area contributed by atoms with Crippen molar-refractivity contribution in [1.82, 2.24) is 5.32 Å². The lowest BCUT2D eigenvalue weighted by Gasteiger charge is -2.11. The van der Waals surface area contributed by atoms with Crippen molar-refractivity contribution in [2.45, 2.75) is 25.9 Å². The second-order valence-electron chi connectivity index (χ2n) is 5.89. The van der Waals surface area contributed by atoms with Gasteiger partial charge in [-0.2, -0.15) is 13.2 Å². The molecule has 150 valence electrons. The number of rotatable bonds is 7. The summed E-state index contributed by atoms with van der Waals surface area (Å²) in [6.07, 6.45) is -4.27. The zero-order chi connectivity index (χ0) is 20.7. The number of amides is 1. The van der Waals surface area contributed by atoms with E-state index in [0.717, 1.165) is 23.8 Å². The van der Waals surface area contributed by atoms with Gasteiger partial charge in [0.05, 0.1) is 12.0 Å². The molecule has 0 saturated carbocycles. The van der Waals surface area contributed by atoms with Crippen molar-refractivity contribution >= 4 is 23.5 Å². The second kappa shape index (κ2) is 9.45. The molecular formula is C19H17ClF3NO4. The zero-order valence-corrected chi connectivity index (χ0v) is 15.6. The Morgan fingerprint density at radius 1 is 1.11 bits per heavy atom. The van der Waals surface area contributed by atoms with Gasteiger partial charge in [0.2, 0.25) is 5.91 Å². The van der Waals surface area contributed by atoms with Gasteiger partial charge in [0.1, 0.15) is 0 Å². The molecule has 0 aliphatic heterocycles. The molecule has 2 rings (SSSR count). The van der Waals surface area contributed by atoms with Crippen molar-refractivity contribution in [2.24, 2.45) is 0 Å². The molecule has 1 N–H and O–H groups in total. The van der Waals surface area contributed by atoms with Gasteiger partial charge < -0.3 is 5.32 Å². The van der Waals surface area contributed by atoms with Crippen LogP contribution in [0.3, 0.4) is 0 Å². The Kier molecular flexibility index (Phi) is 7.28. The molecule has 0 bridgehead atoms. The highest BCUT2D eigenvalue weighted by Gasteiger charge is 2.30. The standard InChI is InChI=1S/C19H17ClF3NO4/c1-12(25)24-8-7-14-9-16(20)6-5-13(14)10-18(26)28-27-17-4-2-3-15(11-17)19(21,22)23/h2-6,9,11H,7-8,10H2,1H3,(H,24,25). The Hall–Kier alpha value is -2.74. The van der Waals surface area contributed by atoms with E-state index in [4.69, 9.17) is 16.5 Å². The summed E-state index contributed by atoms with van der Waals surface area (Å²) in [5.74, 6) is -1.22. The predicted octanol–water partition coefficient (Wildman–Crippen LogP) is 4.12. The number of benzene rings is 2. The van der Waals surface area contributed by atoms with E-state index in [1.54, 1.807) is 18.2 Å². The third-order valence-electron chi connectivity index (χ3n) is 3.66. The van der Waals surface area contributed by atoms with Gasteiger partial charge in [0, 0.05) is 18.5 Å². The van der Waals surface area contributed by atoms with Crippen molar-refractivity contribution < 1.29 is 32.5 Å². The average molecular weight is 416 g/mol. The minimum absolute atomic E-state index is 0.175. The third-order valence-corrected chi connectivity index (χ3v) is 3.90. The third kappa shape index (κ3) is 6.77. The van der Waals surface area contributed by atoms with Crippen LogP contribution in [0.1, 0.15) is 23.6 Å². The fraction of sp³-hybridized carbons (Fsp3) is 0.263. The van der Waals surface area contributed by atoms with Crippen LogP contribution in [0.5, 0.6) is 5.75 Å². The first-order chi connectivity index (χ1) is 13.1. The second-order valence-corrected chi connectivity index (χ2v) is 6.32. The molecule has 0 aromatic heterocycles. The summed E-state index contributed by atoms with van der Waals surface area (Å²) in [5, 5.41) is 3.11. The van der Waals surface area contributed by atoms with Gasteiger partial charge in [-0.25, -0.2) is 4.79 Å². The number of nitrogens with one attached hydrogen (secondary N) is 1. The van der Waals surface area contributed by atoms with Crippen molar-refractivity contribution in [3.05, 3.63) is 64.2 Å². The Morgan fingerprint density at radius 3 is 2.54 bits per heavy atom. The van der Waals surface area contributed by atoms with E-state index < -0.39 is 17.7 Å². The summed E-state index contributed by atoms with van der Waals surface area (Å²) in [6.45, 7) is 1.75. The number of carbonyl (C=O) groups excluding carboxylic acids is 2. The van der Waals surface area contributed by atoms with Gasteiger partial charge >= 0.3 is 12.1 Å². The largest absolute Gasteiger partial charge is 0.416 e. The molecule has 0 fully saturated rings. The van der Waals surface area contributed by atoms with Gasteiger partial charge in [-0.15, -0.1) is 0 Å². The molecule has 1 amide bonds. The molecule has 28 heavy (non-hydrogen) atoms. The highest BCUT2D eigenvalue weighted by molar-refractivity contribution is 6.30. The van der Waals surface area contributed by atoms with Gasteiger partial charge in [-0.1, -0.05) is 23.7 Å². The summed E-state index contributed by atoms with van der Waals surface area (Å²) in [4.78, 5) is 32.3. The molecular weight excluding hydrogens is 399 g/mol. The van der Waals surface area contributed by atoms with Crippen molar-refractivity contribution in [3.63, 3.8) is 0 Å². The first kappa shape index (κ1) is 21.6. The maximum Gasteiger partial charge on any atom is 0.416 e. The van der Waals surface area contributed by atoms with Gasteiger partial charge in [0.25, 0.3) is 0 Å². The molecule has 0 aliphatic rings. The molecule has 0 aliphatic carbocycles. The monoisotopic (exact) mass is 415 g/mol. The summed E-state index contributed by atoms with van der Waals surface area (Å²) >= 11 is 5.97. The van der Waals surface area contributed by atoms with Crippen molar-refractivity contribution in [1.29, 1.82) is 0 Å². The van der Waals surface area contributed by atoms with Crippen LogP contribution in [-0.4, -0.2) is 18.4 Å². The number of carbonyl (C=O) groups is 2. The van der Waals surface area contributed by atoms with Crippen molar-refractivity contribution in [3.8, 4) is 5.75 Å². The van der Waals surface area contributed by atoms with Gasteiger partial charge in [-0.3, -0.25) is 14.6 Å². The van der Waals surface area contributed by atoms with E-state index in [2.05, 4.69) is 10.2 Å². The maximum absolute atomic E-state index is 12.7. The van der Waals surface area contributed by atoms with Crippen LogP contribution in [-0.2, 0) is 33.5 Å². The van der Waals surface area contributed by atoms with Crippen LogP contribution in [0, 0.1) is 0 Å². The average Bonchev–Trinajstić information content (AvgIpc) is 2.61. The summed E-state index contributed by atoms with van der Waals surface area (Å²) in [5.41, 5.74) is 0.420. The fourth-order valence-corrected chi connectivity index (χ4v) is 2.57. The molecule has 2 aromatic carbocycles. The first-order valence-electron chi connectivity index (χ1n) is 8.21. The van der Waals surface area contributed by atoms with E-state index >= 15 is 0 Å². The lowest BCUT2D eigenvalue weighted by molar-refractivity contribution is -0.213. The topological polar surface area (TPSA) is 64.6 Å². The number of hydrogen-bond donors (Lipinski definition) is 1. The smallest absolute Gasteiger partial charge is 0.356 e. The van der Waals surface area contributed by atoms with E-state index in [0.29, 0.717) is 23.6 Å². The van der Waals surface area contributed by atoms with Crippen LogP contribution in [0.2, 0.25) is 5.02 Å². The molecule has 0 saturated heterocycles. The van der Waals surface area contributed by atoms with E-state index in [9.17, 15) is 22.8 Å². The number of hydrogen-bond acceptors (Lipinski definition) is 4. The molecule has 5 nitrogen and oxygen atoms in total. The zero-order valence-electron chi connectivity index (χ0n) is 14.8. The number of alkyl halides is 3. The van der Waals surface area contributed by atoms with Crippen LogP contribution >= 0.6 is 11.6 Å². The van der Waals surface area contributed by atoms with E-state index in [1.165, 1.54) is 13.0 Å². The summed E-state index contributed by atoms with van der Waals surface area (Å²) in [7, 11) is 0. The molecule has 0 radical (unpaired) electrons. The molecule has 0 atom stereocenters. The molecule has 9 heteroatoms. The lowest BCUT2D eigenvalue weighted by Crippen LogP contribution is -2.23. The van der Waals surface area contributed by atoms with Gasteiger partial charge in [0.15, 0.2) is 5.75 Å². The van der Waals surface area contributed by atoms with Crippen LogP contribution in [0.15, 0.2) is 42.5 Å². The van der Waals surface area contributed by atoms with E-state index in [-0.39, 0.29) is 18.1 Å². The Bertz CT molecular complexity index is 855. The highest BCUT2D eigenvalue weighted by atomic mass is 35.5. The first-order valence-corrected chi connectivity index (χ1v) is 8.59. The quantitative estimate of drug-likeness (QED) is 0.546. The minimum Gasteiger partial charge on any atom is -0.356 e. The minimum atomic E-state index is -4.53. The molecule has 0 spiro atoms.